The molecule has 0 atom stereocenters. The van der Waals surface area contributed by atoms with Crippen LogP contribution in [0.15, 0.2) is 42.9 Å². The summed E-state index contributed by atoms with van der Waals surface area (Å²) in [5, 5.41) is 21.5. The Labute approximate surface area is 139 Å². The van der Waals surface area contributed by atoms with E-state index < -0.39 is 0 Å². The zero-order valence-corrected chi connectivity index (χ0v) is 13.4. The fraction of sp³-hybridized carbons (Fsp3) is 0.118. The molecule has 0 amide bonds. The van der Waals surface area contributed by atoms with Crippen LogP contribution in [0.3, 0.4) is 0 Å². The second-order valence-electron chi connectivity index (χ2n) is 5.23. The maximum Gasteiger partial charge on any atom is 0.154 e. The highest BCUT2D eigenvalue weighted by molar-refractivity contribution is 6.08. The van der Waals surface area contributed by atoms with Crippen molar-refractivity contribution >= 4 is 34.5 Å². The van der Waals surface area contributed by atoms with Crippen molar-refractivity contribution in [2.24, 2.45) is 0 Å². The topological polar surface area (TPSA) is 99.5 Å². The largest absolute Gasteiger partial charge is 0.393 e. The van der Waals surface area contributed by atoms with Crippen LogP contribution in [0.5, 0.6) is 0 Å². The number of fused-ring (bicyclic) bond motifs is 1. The van der Waals surface area contributed by atoms with Crippen molar-refractivity contribution in [2.45, 2.75) is 6.92 Å². The molecule has 0 fully saturated rings. The van der Waals surface area contributed by atoms with Crippen molar-refractivity contribution in [1.82, 2.24) is 25.5 Å². The first-order valence-corrected chi connectivity index (χ1v) is 7.41. The van der Waals surface area contributed by atoms with E-state index in [9.17, 15) is 0 Å². The Morgan fingerprint density at radius 2 is 2.00 bits per heavy atom. The third-order valence-electron chi connectivity index (χ3n) is 3.37. The average Bonchev–Trinajstić information content (AvgIpc) is 2.59. The highest BCUT2D eigenvalue weighted by Gasteiger charge is 2.05. The van der Waals surface area contributed by atoms with E-state index in [1.165, 1.54) is 6.21 Å². The van der Waals surface area contributed by atoms with Crippen molar-refractivity contribution in [3.8, 4) is 0 Å². The minimum absolute atomic E-state index is 0.640. The summed E-state index contributed by atoms with van der Waals surface area (Å²) < 4.78 is 0. The standard InChI is InChI=1S/C17H17N7/c1-11-5-17(24-21-8-11)23-16-4-3-14-15(22-16)6-12(10-20-14)13(7-18)9-19-2/h3-10,18-19H,1-2H3,(H,22,23,24)/b13-9+,18-7?. The molecule has 24 heavy (non-hydrogen) atoms. The van der Waals surface area contributed by atoms with Gasteiger partial charge in [-0.3, -0.25) is 4.98 Å². The maximum absolute atomic E-state index is 7.51. The number of hydrogen-bond donors (Lipinski definition) is 3. The molecule has 0 aliphatic rings. The SMILES string of the molecule is CN/C=C(\C=N)c1cnc2ccc(Nc3cc(C)cnn3)nc2c1. The fourth-order valence-corrected chi connectivity index (χ4v) is 2.25. The predicted octanol–water partition coefficient (Wildman–Crippen LogP) is 2.68. The lowest BCUT2D eigenvalue weighted by Gasteiger charge is -2.07. The van der Waals surface area contributed by atoms with Gasteiger partial charge in [0.25, 0.3) is 0 Å². The van der Waals surface area contributed by atoms with E-state index in [1.54, 1.807) is 25.6 Å². The lowest BCUT2D eigenvalue weighted by Crippen LogP contribution is -2.00. The number of pyridine rings is 2. The van der Waals surface area contributed by atoms with Crippen molar-refractivity contribution in [3.05, 3.63) is 54.0 Å². The summed E-state index contributed by atoms with van der Waals surface area (Å²) >= 11 is 0. The number of rotatable bonds is 5. The normalized spacial score (nSPS) is 11.3. The molecule has 0 aliphatic heterocycles. The summed E-state index contributed by atoms with van der Waals surface area (Å²) in [4.78, 5) is 8.98. The molecule has 120 valence electrons. The molecule has 0 spiro atoms. The molecular weight excluding hydrogens is 302 g/mol. The second kappa shape index (κ2) is 6.82. The van der Waals surface area contributed by atoms with Gasteiger partial charge in [-0.15, -0.1) is 5.10 Å². The Morgan fingerprint density at radius 1 is 1.12 bits per heavy atom. The lowest BCUT2D eigenvalue weighted by molar-refractivity contribution is 1.02. The number of aryl methyl sites for hydroxylation is 1. The van der Waals surface area contributed by atoms with Crippen LogP contribution in [0.4, 0.5) is 11.6 Å². The molecule has 3 heterocycles. The summed E-state index contributed by atoms with van der Waals surface area (Å²) in [5.41, 5.74) is 4.10. The molecule has 0 saturated carbocycles. The second-order valence-corrected chi connectivity index (χ2v) is 5.23. The summed E-state index contributed by atoms with van der Waals surface area (Å²) in [6, 6.07) is 7.55. The van der Waals surface area contributed by atoms with Crippen LogP contribution in [0.1, 0.15) is 11.1 Å². The number of nitrogens with one attached hydrogen (secondary N) is 3. The molecular formula is C17H17N7. The minimum Gasteiger partial charge on any atom is -0.393 e. The molecule has 7 heteroatoms. The van der Waals surface area contributed by atoms with Crippen LogP contribution in [0.2, 0.25) is 0 Å². The van der Waals surface area contributed by atoms with Crippen LogP contribution >= 0.6 is 0 Å². The van der Waals surface area contributed by atoms with Crippen LogP contribution in [-0.4, -0.2) is 33.4 Å². The molecule has 0 aromatic carbocycles. The zero-order valence-electron chi connectivity index (χ0n) is 13.4. The molecule has 7 nitrogen and oxygen atoms in total. The van der Waals surface area contributed by atoms with Gasteiger partial charge in [-0.25, -0.2) is 4.98 Å². The third-order valence-corrected chi connectivity index (χ3v) is 3.37. The molecule has 3 N–H and O–H groups in total. The number of aromatic nitrogens is 4. The number of hydrogen-bond acceptors (Lipinski definition) is 7. The van der Waals surface area contributed by atoms with E-state index in [2.05, 4.69) is 30.8 Å². The van der Waals surface area contributed by atoms with Gasteiger partial charge in [0.1, 0.15) is 5.82 Å². The van der Waals surface area contributed by atoms with Gasteiger partial charge in [0.2, 0.25) is 0 Å². The molecule has 0 unspecified atom stereocenters. The number of allylic oxidation sites excluding steroid dienone is 1. The summed E-state index contributed by atoms with van der Waals surface area (Å²) in [5.74, 6) is 1.30. The molecule has 0 bridgehead atoms. The fourth-order valence-electron chi connectivity index (χ4n) is 2.25. The maximum atomic E-state index is 7.51. The first-order valence-electron chi connectivity index (χ1n) is 7.41. The number of anilines is 2. The first-order chi connectivity index (χ1) is 11.7. The Hall–Kier alpha value is -3.35. The quantitative estimate of drug-likeness (QED) is 0.625. The summed E-state index contributed by atoms with van der Waals surface area (Å²) in [6.07, 6.45) is 6.46. The van der Waals surface area contributed by atoms with Gasteiger partial charge in [-0.2, -0.15) is 5.10 Å². The molecule has 3 aromatic heterocycles. The average molecular weight is 319 g/mol. The highest BCUT2D eigenvalue weighted by Crippen LogP contribution is 2.20. The number of nitrogens with zero attached hydrogens (tertiary/aromatic N) is 4. The Balaban J connectivity index is 1.97. The van der Waals surface area contributed by atoms with Gasteiger partial charge < -0.3 is 16.0 Å². The van der Waals surface area contributed by atoms with Crippen molar-refractivity contribution in [2.75, 3.05) is 12.4 Å². The zero-order chi connectivity index (χ0) is 16.9. The van der Waals surface area contributed by atoms with E-state index in [0.29, 0.717) is 11.6 Å². The van der Waals surface area contributed by atoms with Gasteiger partial charge >= 0.3 is 0 Å². The first kappa shape index (κ1) is 15.5. The third kappa shape index (κ3) is 3.35. The van der Waals surface area contributed by atoms with E-state index in [-0.39, 0.29) is 0 Å². The van der Waals surface area contributed by atoms with Gasteiger partial charge in [0.05, 0.1) is 17.2 Å². The lowest BCUT2D eigenvalue weighted by atomic mass is 10.1. The van der Waals surface area contributed by atoms with Crippen molar-refractivity contribution < 1.29 is 0 Å². The van der Waals surface area contributed by atoms with Gasteiger partial charge in [-0.1, -0.05) is 0 Å². The van der Waals surface area contributed by atoms with Gasteiger partial charge in [0, 0.05) is 36.8 Å². The van der Waals surface area contributed by atoms with E-state index in [0.717, 1.165) is 27.7 Å². The molecule has 0 saturated heterocycles. The van der Waals surface area contributed by atoms with E-state index >= 15 is 0 Å². The van der Waals surface area contributed by atoms with Crippen molar-refractivity contribution in [3.63, 3.8) is 0 Å². The van der Waals surface area contributed by atoms with Crippen LogP contribution in [-0.2, 0) is 0 Å². The molecule has 3 aromatic rings. The predicted molar refractivity (Wildman–Crippen MR) is 95.4 cm³/mol. The molecule has 3 rings (SSSR count). The Bertz CT molecular complexity index is 918. The summed E-state index contributed by atoms with van der Waals surface area (Å²) in [7, 11) is 1.79. The smallest absolute Gasteiger partial charge is 0.154 e. The van der Waals surface area contributed by atoms with Gasteiger partial charge in [0.15, 0.2) is 5.82 Å². The van der Waals surface area contributed by atoms with Gasteiger partial charge in [-0.05, 0) is 36.8 Å². The van der Waals surface area contributed by atoms with Crippen LogP contribution in [0.25, 0.3) is 16.6 Å². The molecule has 0 aliphatic carbocycles. The summed E-state index contributed by atoms with van der Waals surface area (Å²) in [6.45, 7) is 1.96. The molecule has 0 radical (unpaired) electrons. The monoisotopic (exact) mass is 319 g/mol. The van der Waals surface area contributed by atoms with Crippen LogP contribution in [0, 0.1) is 12.3 Å². The van der Waals surface area contributed by atoms with E-state index in [1.807, 2.05) is 31.2 Å². The Kier molecular flexibility index (Phi) is 4.42. The Morgan fingerprint density at radius 3 is 2.75 bits per heavy atom. The van der Waals surface area contributed by atoms with E-state index in [4.69, 9.17) is 5.41 Å². The minimum atomic E-state index is 0.640. The highest BCUT2D eigenvalue weighted by atomic mass is 15.2. The van der Waals surface area contributed by atoms with Crippen molar-refractivity contribution in [1.29, 1.82) is 5.41 Å². The van der Waals surface area contributed by atoms with Crippen LogP contribution < -0.4 is 10.6 Å².